The first-order chi connectivity index (χ1) is 16.3. The third-order valence-corrected chi connectivity index (χ3v) is 8.19. The van der Waals surface area contributed by atoms with Crippen LogP contribution in [0.25, 0.3) is 0 Å². The number of nitrogens with one attached hydrogen (secondary N) is 2. The second-order valence-electron chi connectivity index (χ2n) is 10.2. The van der Waals surface area contributed by atoms with Crippen molar-refractivity contribution >= 4 is 17.6 Å². The molecule has 2 saturated carbocycles. The van der Waals surface area contributed by atoms with Gasteiger partial charge in [0.1, 0.15) is 5.82 Å². The molecular formula is C25H31F3N4O2. The Kier molecular flexibility index (Phi) is 6.16. The van der Waals surface area contributed by atoms with Crippen molar-refractivity contribution in [3.05, 3.63) is 36.0 Å². The van der Waals surface area contributed by atoms with Crippen LogP contribution in [0.2, 0.25) is 0 Å². The Hall–Kier alpha value is -2.42. The summed E-state index contributed by atoms with van der Waals surface area (Å²) in [6.07, 6.45) is 6.84. The number of halogens is 3. The van der Waals surface area contributed by atoms with E-state index in [-0.39, 0.29) is 34.9 Å². The van der Waals surface area contributed by atoms with E-state index >= 15 is 0 Å². The van der Waals surface area contributed by atoms with Crippen molar-refractivity contribution < 1.29 is 22.8 Å². The summed E-state index contributed by atoms with van der Waals surface area (Å²) < 4.78 is 38.4. The maximum Gasteiger partial charge on any atom is 0.417 e. The number of anilines is 1. The lowest BCUT2D eigenvalue weighted by Gasteiger charge is -2.26. The number of likely N-dealkylation sites (tertiary alicyclic amines) is 1. The number of carbonyl (C=O) groups excluding carboxylic acids is 2. The van der Waals surface area contributed by atoms with Gasteiger partial charge < -0.3 is 15.5 Å². The molecule has 34 heavy (non-hydrogen) atoms. The van der Waals surface area contributed by atoms with E-state index in [0.29, 0.717) is 12.7 Å². The smallest absolute Gasteiger partial charge is 0.356 e. The van der Waals surface area contributed by atoms with Gasteiger partial charge in [-0.15, -0.1) is 0 Å². The van der Waals surface area contributed by atoms with E-state index < -0.39 is 23.6 Å². The maximum atomic E-state index is 13.2. The topological polar surface area (TPSA) is 74.3 Å². The van der Waals surface area contributed by atoms with Gasteiger partial charge in [-0.25, -0.2) is 4.98 Å². The highest BCUT2D eigenvalue weighted by molar-refractivity contribution is 5.97. The van der Waals surface area contributed by atoms with Crippen molar-refractivity contribution in [2.75, 3.05) is 31.5 Å². The molecule has 0 radical (unpaired) electrons. The lowest BCUT2D eigenvalue weighted by atomic mass is 9.81. The molecule has 3 aliphatic carbocycles. The molecule has 2 heterocycles. The first-order valence-electron chi connectivity index (χ1n) is 12.3. The highest BCUT2D eigenvalue weighted by atomic mass is 19.4. The van der Waals surface area contributed by atoms with Gasteiger partial charge in [-0.2, -0.15) is 13.2 Å². The molecule has 9 heteroatoms. The van der Waals surface area contributed by atoms with Crippen LogP contribution in [0.5, 0.6) is 0 Å². The SMILES string of the molecule is O=C(NCCCCN1CCCC1)[C@H]1[C@H](C(=O)Nc2ccc(C(F)(F)F)cn2)[C@@H]2C=C[C@H]1C21CC1. The van der Waals surface area contributed by atoms with Crippen LogP contribution in [0.3, 0.4) is 0 Å². The van der Waals surface area contributed by atoms with Crippen molar-refractivity contribution in [1.82, 2.24) is 15.2 Å². The lowest BCUT2D eigenvalue weighted by Crippen LogP contribution is -2.42. The minimum atomic E-state index is -4.49. The molecule has 2 amide bonds. The summed E-state index contributed by atoms with van der Waals surface area (Å²) in [5.41, 5.74) is -0.875. The molecule has 4 atom stereocenters. The summed E-state index contributed by atoms with van der Waals surface area (Å²) in [4.78, 5) is 32.7. The van der Waals surface area contributed by atoms with Gasteiger partial charge in [0.05, 0.1) is 17.4 Å². The molecule has 5 rings (SSSR count). The quantitative estimate of drug-likeness (QED) is 0.442. The summed E-state index contributed by atoms with van der Waals surface area (Å²) in [7, 11) is 0. The van der Waals surface area contributed by atoms with Crippen LogP contribution in [0, 0.1) is 29.1 Å². The van der Waals surface area contributed by atoms with Gasteiger partial charge in [0.15, 0.2) is 0 Å². The second-order valence-corrected chi connectivity index (χ2v) is 10.2. The first-order valence-corrected chi connectivity index (χ1v) is 12.3. The fraction of sp³-hybridized carbons (Fsp3) is 0.640. The molecule has 6 nitrogen and oxygen atoms in total. The Labute approximate surface area is 197 Å². The Morgan fingerprint density at radius 3 is 2.29 bits per heavy atom. The van der Waals surface area contributed by atoms with E-state index in [1.54, 1.807) is 0 Å². The molecule has 1 aromatic heterocycles. The average molecular weight is 477 g/mol. The van der Waals surface area contributed by atoms with E-state index in [0.717, 1.165) is 57.5 Å². The number of hydrogen-bond acceptors (Lipinski definition) is 4. The summed E-state index contributed by atoms with van der Waals surface area (Å²) in [6.45, 7) is 3.97. The van der Waals surface area contributed by atoms with Crippen LogP contribution in [0.1, 0.15) is 44.1 Å². The molecule has 1 saturated heterocycles. The molecular weight excluding hydrogens is 445 g/mol. The van der Waals surface area contributed by atoms with Crippen molar-refractivity contribution in [2.24, 2.45) is 29.1 Å². The first kappa shape index (κ1) is 23.3. The van der Waals surface area contributed by atoms with Gasteiger partial charge in [0, 0.05) is 12.7 Å². The zero-order valence-corrected chi connectivity index (χ0v) is 19.1. The molecule has 4 aliphatic rings. The molecule has 0 unspecified atom stereocenters. The van der Waals surface area contributed by atoms with Crippen molar-refractivity contribution in [1.29, 1.82) is 0 Å². The van der Waals surface area contributed by atoms with Crippen LogP contribution < -0.4 is 10.6 Å². The number of unbranched alkanes of at least 4 members (excludes halogenated alkanes) is 1. The van der Waals surface area contributed by atoms with Crippen molar-refractivity contribution in [3.63, 3.8) is 0 Å². The zero-order valence-electron chi connectivity index (χ0n) is 19.1. The van der Waals surface area contributed by atoms with Crippen LogP contribution in [-0.2, 0) is 15.8 Å². The fourth-order valence-electron chi connectivity index (χ4n) is 6.35. The van der Waals surface area contributed by atoms with E-state index in [1.165, 1.54) is 12.8 Å². The summed E-state index contributed by atoms with van der Waals surface area (Å²) in [5, 5.41) is 5.73. The zero-order chi connectivity index (χ0) is 23.9. The second kappa shape index (κ2) is 8.98. The highest BCUT2D eigenvalue weighted by Gasteiger charge is 2.69. The number of pyridine rings is 1. The minimum Gasteiger partial charge on any atom is -0.356 e. The van der Waals surface area contributed by atoms with Crippen LogP contribution >= 0.6 is 0 Å². The van der Waals surface area contributed by atoms with Gasteiger partial charge >= 0.3 is 6.18 Å². The fourth-order valence-corrected chi connectivity index (χ4v) is 6.35. The third kappa shape index (κ3) is 4.34. The number of nitrogens with zero attached hydrogens (tertiary/aromatic N) is 2. The van der Waals surface area contributed by atoms with Gasteiger partial charge in [-0.3, -0.25) is 9.59 Å². The molecule has 2 N–H and O–H groups in total. The summed E-state index contributed by atoms with van der Waals surface area (Å²) in [6, 6.07) is 2.06. The van der Waals surface area contributed by atoms with Gasteiger partial charge in [-0.05, 0) is 87.5 Å². The third-order valence-electron chi connectivity index (χ3n) is 8.19. The molecule has 1 aromatic rings. The molecule has 1 aliphatic heterocycles. The number of carbonyl (C=O) groups is 2. The van der Waals surface area contributed by atoms with Gasteiger partial charge in [0.25, 0.3) is 0 Å². The number of rotatable bonds is 8. The largest absolute Gasteiger partial charge is 0.417 e. The number of hydrogen-bond donors (Lipinski definition) is 2. The van der Waals surface area contributed by atoms with Gasteiger partial charge in [-0.1, -0.05) is 12.2 Å². The van der Waals surface area contributed by atoms with E-state index in [9.17, 15) is 22.8 Å². The summed E-state index contributed by atoms with van der Waals surface area (Å²) in [5.74, 6) is -1.34. The monoisotopic (exact) mass is 476 g/mol. The molecule has 3 fully saturated rings. The van der Waals surface area contributed by atoms with Crippen molar-refractivity contribution in [2.45, 2.75) is 44.7 Å². The normalized spacial score (nSPS) is 29.0. The molecule has 1 spiro atoms. The molecule has 2 bridgehead atoms. The van der Waals surface area contributed by atoms with E-state index in [1.807, 2.05) is 0 Å². The number of aromatic nitrogens is 1. The highest BCUT2D eigenvalue weighted by Crippen LogP contribution is 2.72. The van der Waals surface area contributed by atoms with E-state index in [4.69, 9.17) is 0 Å². The predicted molar refractivity (Wildman–Crippen MR) is 121 cm³/mol. The number of amides is 2. The minimum absolute atomic E-state index is 0.00661. The Morgan fingerprint density at radius 2 is 1.71 bits per heavy atom. The predicted octanol–water partition coefficient (Wildman–Crippen LogP) is 3.86. The lowest BCUT2D eigenvalue weighted by molar-refractivity contribution is -0.137. The Bertz CT molecular complexity index is 952. The van der Waals surface area contributed by atoms with Crippen molar-refractivity contribution in [3.8, 4) is 0 Å². The number of alkyl halides is 3. The summed E-state index contributed by atoms with van der Waals surface area (Å²) >= 11 is 0. The Morgan fingerprint density at radius 1 is 1.03 bits per heavy atom. The van der Waals surface area contributed by atoms with Crippen LogP contribution in [-0.4, -0.2) is 47.9 Å². The van der Waals surface area contributed by atoms with Crippen LogP contribution in [0.4, 0.5) is 19.0 Å². The van der Waals surface area contributed by atoms with E-state index in [2.05, 4.69) is 32.7 Å². The average Bonchev–Trinajstić information content (AvgIpc) is 3.16. The van der Waals surface area contributed by atoms with Crippen LogP contribution in [0.15, 0.2) is 30.5 Å². The standard InChI is InChI=1S/C25H31F3N4O2/c26-25(27,28)16-5-8-19(30-15-16)31-23(34)21-18-7-6-17(24(18)9-10-24)20(21)22(33)29-11-1-2-12-32-13-3-4-14-32/h5-8,15,17-18,20-21H,1-4,9-14H2,(H,29,33)(H,30,31,34)/t17-,18+,20-,21-/m1/s1. The van der Waals surface area contributed by atoms with Gasteiger partial charge in [0.2, 0.25) is 11.8 Å². The Balaban J connectivity index is 1.21. The molecule has 0 aromatic carbocycles. The number of allylic oxidation sites excluding steroid dienone is 2. The molecule has 184 valence electrons. The maximum absolute atomic E-state index is 13.2.